The van der Waals surface area contributed by atoms with E-state index in [9.17, 15) is 0 Å². The number of para-hydroxylation sites is 1. The van der Waals surface area contributed by atoms with E-state index in [1.165, 1.54) is 0 Å². The van der Waals surface area contributed by atoms with Gasteiger partial charge in [-0.25, -0.2) is 0 Å². The predicted molar refractivity (Wildman–Crippen MR) is 48.0 cm³/mol. The molecule has 0 aliphatic carbocycles. The van der Waals surface area contributed by atoms with E-state index in [1.54, 1.807) is 0 Å². The number of rotatable bonds is 0. The molecular formula is C10H10N2O. The Morgan fingerprint density at radius 2 is 2.23 bits per heavy atom. The molecule has 2 rings (SSSR count). The van der Waals surface area contributed by atoms with Gasteiger partial charge in [-0.2, -0.15) is 5.26 Å². The van der Waals surface area contributed by atoms with Crippen molar-refractivity contribution in [2.75, 3.05) is 6.61 Å². The van der Waals surface area contributed by atoms with Crippen LogP contribution in [0.25, 0.3) is 0 Å². The van der Waals surface area contributed by atoms with E-state index in [2.05, 4.69) is 6.07 Å². The summed E-state index contributed by atoms with van der Waals surface area (Å²) in [6, 6.07) is 9.56. The minimum Gasteiger partial charge on any atom is -0.493 e. The largest absolute Gasteiger partial charge is 0.493 e. The monoisotopic (exact) mass is 174 g/mol. The first kappa shape index (κ1) is 8.09. The molecule has 66 valence electrons. The summed E-state index contributed by atoms with van der Waals surface area (Å²) < 4.78 is 5.39. The average Bonchev–Trinajstić information content (AvgIpc) is 2.19. The number of nitrogens with two attached hydrogens (primary N) is 1. The zero-order valence-electron chi connectivity index (χ0n) is 7.16. The molecule has 0 unspecified atom stereocenters. The molecule has 1 heterocycles. The first-order chi connectivity index (χ1) is 6.26. The number of hydrogen-bond acceptors (Lipinski definition) is 3. The van der Waals surface area contributed by atoms with Crippen LogP contribution in [0.3, 0.4) is 0 Å². The van der Waals surface area contributed by atoms with Crippen molar-refractivity contribution in [3.63, 3.8) is 0 Å². The fraction of sp³-hybridized carbons (Fsp3) is 0.300. The second-order valence-corrected chi connectivity index (χ2v) is 3.18. The SMILES string of the molecule is N#C[C@]1(N)CCOc2ccccc21. The van der Waals surface area contributed by atoms with Crippen LogP contribution in [0.4, 0.5) is 0 Å². The molecule has 0 spiro atoms. The fourth-order valence-electron chi connectivity index (χ4n) is 1.53. The van der Waals surface area contributed by atoms with E-state index in [0.717, 1.165) is 11.3 Å². The summed E-state index contributed by atoms with van der Waals surface area (Å²) in [5.74, 6) is 0.734. The van der Waals surface area contributed by atoms with Crippen molar-refractivity contribution in [2.45, 2.75) is 12.0 Å². The molecule has 1 aliphatic heterocycles. The van der Waals surface area contributed by atoms with Gasteiger partial charge in [0.15, 0.2) is 0 Å². The summed E-state index contributed by atoms with van der Waals surface area (Å²) in [7, 11) is 0. The quantitative estimate of drug-likeness (QED) is 0.641. The van der Waals surface area contributed by atoms with E-state index in [-0.39, 0.29) is 0 Å². The van der Waals surface area contributed by atoms with Gasteiger partial charge >= 0.3 is 0 Å². The molecule has 0 saturated carbocycles. The van der Waals surface area contributed by atoms with Crippen LogP contribution in [0, 0.1) is 11.3 Å². The molecule has 0 bridgehead atoms. The predicted octanol–water partition coefficient (Wildman–Crippen LogP) is 1.15. The Morgan fingerprint density at radius 1 is 1.46 bits per heavy atom. The first-order valence-corrected chi connectivity index (χ1v) is 4.19. The molecule has 0 radical (unpaired) electrons. The van der Waals surface area contributed by atoms with E-state index in [0.29, 0.717) is 13.0 Å². The molecule has 0 fully saturated rings. The zero-order valence-corrected chi connectivity index (χ0v) is 7.16. The average molecular weight is 174 g/mol. The lowest BCUT2D eigenvalue weighted by Gasteiger charge is -2.29. The highest BCUT2D eigenvalue weighted by Gasteiger charge is 2.33. The summed E-state index contributed by atoms with van der Waals surface area (Å²) in [6.45, 7) is 0.515. The summed E-state index contributed by atoms with van der Waals surface area (Å²) in [6.07, 6.45) is 0.556. The molecular weight excluding hydrogens is 164 g/mol. The van der Waals surface area contributed by atoms with Crippen molar-refractivity contribution < 1.29 is 4.74 Å². The van der Waals surface area contributed by atoms with E-state index in [4.69, 9.17) is 15.7 Å². The second-order valence-electron chi connectivity index (χ2n) is 3.18. The van der Waals surface area contributed by atoms with Gasteiger partial charge in [-0.3, -0.25) is 0 Å². The Balaban J connectivity index is 2.56. The highest BCUT2D eigenvalue weighted by Crippen LogP contribution is 2.34. The second kappa shape index (κ2) is 2.75. The molecule has 3 heteroatoms. The maximum atomic E-state index is 8.97. The van der Waals surface area contributed by atoms with Crippen LogP contribution < -0.4 is 10.5 Å². The van der Waals surface area contributed by atoms with Crippen molar-refractivity contribution in [1.82, 2.24) is 0 Å². The topological polar surface area (TPSA) is 59.0 Å². The first-order valence-electron chi connectivity index (χ1n) is 4.19. The number of nitrogens with zero attached hydrogens (tertiary/aromatic N) is 1. The molecule has 1 atom stereocenters. The minimum absolute atomic E-state index is 0.515. The van der Waals surface area contributed by atoms with Gasteiger partial charge in [0.2, 0.25) is 0 Å². The van der Waals surface area contributed by atoms with Gasteiger partial charge in [0.1, 0.15) is 11.3 Å². The molecule has 1 aromatic carbocycles. The Morgan fingerprint density at radius 3 is 3.00 bits per heavy atom. The maximum Gasteiger partial charge on any atom is 0.136 e. The molecule has 2 N–H and O–H groups in total. The number of benzene rings is 1. The lowest BCUT2D eigenvalue weighted by Crippen LogP contribution is -2.39. The Bertz CT molecular complexity index is 369. The van der Waals surface area contributed by atoms with E-state index in [1.807, 2.05) is 24.3 Å². The fourth-order valence-corrected chi connectivity index (χ4v) is 1.53. The van der Waals surface area contributed by atoms with Crippen LogP contribution >= 0.6 is 0 Å². The third-order valence-corrected chi connectivity index (χ3v) is 2.32. The number of nitriles is 1. The Hall–Kier alpha value is -1.53. The summed E-state index contributed by atoms with van der Waals surface area (Å²) in [5.41, 5.74) is 5.86. The Kier molecular flexibility index (Phi) is 1.71. The van der Waals surface area contributed by atoms with Crippen LogP contribution in [-0.2, 0) is 5.54 Å². The zero-order chi connectivity index (χ0) is 9.31. The summed E-state index contributed by atoms with van der Waals surface area (Å²) in [4.78, 5) is 0. The standard InChI is InChI=1S/C10H10N2O/c11-7-10(12)5-6-13-9-4-2-1-3-8(9)10/h1-4H,5-6,12H2/t10-/m1/s1. The molecule has 1 aliphatic rings. The van der Waals surface area contributed by atoms with Crippen molar-refractivity contribution in [3.8, 4) is 11.8 Å². The normalized spacial score (nSPS) is 25.5. The number of ether oxygens (including phenoxy) is 1. The Labute approximate surface area is 76.7 Å². The van der Waals surface area contributed by atoms with Crippen molar-refractivity contribution >= 4 is 0 Å². The van der Waals surface area contributed by atoms with E-state index >= 15 is 0 Å². The highest BCUT2D eigenvalue weighted by atomic mass is 16.5. The van der Waals surface area contributed by atoms with Gasteiger partial charge in [-0.15, -0.1) is 0 Å². The minimum atomic E-state index is -0.866. The molecule has 0 aromatic heterocycles. The molecule has 0 saturated heterocycles. The third-order valence-electron chi connectivity index (χ3n) is 2.32. The maximum absolute atomic E-state index is 8.97. The van der Waals surface area contributed by atoms with Gasteiger partial charge in [0.25, 0.3) is 0 Å². The van der Waals surface area contributed by atoms with Crippen LogP contribution in [0.15, 0.2) is 24.3 Å². The summed E-state index contributed by atoms with van der Waals surface area (Å²) in [5, 5.41) is 8.97. The number of hydrogen-bond donors (Lipinski definition) is 1. The van der Waals surface area contributed by atoms with Crippen molar-refractivity contribution in [3.05, 3.63) is 29.8 Å². The molecule has 13 heavy (non-hydrogen) atoms. The van der Waals surface area contributed by atoms with Crippen LogP contribution in [0.2, 0.25) is 0 Å². The summed E-state index contributed by atoms with van der Waals surface area (Å²) >= 11 is 0. The van der Waals surface area contributed by atoms with Gasteiger partial charge < -0.3 is 10.5 Å². The van der Waals surface area contributed by atoms with Gasteiger partial charge in [0, 0.05) is 12.0 Å². The molecule has 0 amide bonds. The van der Waals surface area contributed by atoms with Gasteiger partial charge in [0.05, 0.1) is 12.7 Å². The molecule has 1 aromatic rings. The highest BCUT2D eigenvalue weighted by molar-refractivity contribution is 5.44. The van der Waals surface area contributed by atoms with Crippen LogP contribution in [0.1, 0.15) is 12.0 Å². The van der Waals surface area contributed by atoms with Gasteiger partial charge in [-0.05, 0) is 6.07 Å². The smallest absolute Gasteiger partial charge is 0.136 e. The van der Waals surface area contributed by atoms with Crippen molar-refractivity contribution in [1.29, 1.82) is 5.26 Å². The van der Waals surface area contributed by atoms with E-state index < -0.39 is 5.54 Å². The lowest BCUT2D eigenvalue weighted by atomic mass is 9.87. The van der Waals surface area contributed by atoms with Crippen LogP contribution in [-0.4, -0.2) is 6.61 Å². The third kappa shape index (κ3) is 1.16. The van der Waals surface area contributed by atoms with Gasteiger partial charge in [-0.1, -0.05) is 18.2 Å². The van der Waals surface area contributed by atoms with Crippen molar-refractivity contribution in [2.24, 2.45) is 5.73 Å². The van der Waals surface area contributed by atoms with Crippen LogP contribution in [0.5, 0.6) is 5.75 Å². The number of fused-ring (bicyclic) bond motifs is 1. The molecule has 3 nitrogen and oxygen atoms in total. The lowest BCUT2D eigenvalue weighted by molar-refractivity contribution is 0.245.